The highest BCUT2D eigenvalue weighted by atomic mass is 35.5. The molecule has 0 fully saturated rings. The summed E-state index contributed by atoms with van der Waals surface area (Å²) in [5.41, 5.74) is 0.367. The zero-order chi connectivity index (χ0) is 13.1. The van der Waals surface area contributed by atoms with E-state index in [1.807, 2.05) is 6.92 Å². The van der Waals surface area contributed by atoms with Gasteiger partial charge in [0.15, 0.2) is 0 Å². The fourth-order valence-electron chi connectivity index (χ4n) is 1.49. The van der Waals surface area contributed by atoms with E-state index >= 15 is 0 Å². The van der Waals surface area contributed by atoms with Crippen LogP contribution in [0.2, 0.25) is 5.02 Å². The molecule has 0 saturated heterocycles. The Morgan fingerprint density at radius 3 is 2.89 bits per heavy atom. The Morgan fingerprint density at radius 1 is 1.44 bits per heavy atom. The average molecular weight is 270 g/mol. The molecule has 18 heavy (non-hydrogen) atoms. The third-order valence-corrected chi connectivity index (χ3v) is 3.03. The minimum Gasteiger partial charge on any atom is -0.423 e. The predicted octanol–water partition coefficient (Wildman–Crippen LogP) is 2.73. The lowest BCUT2D eigenvalue weighted by atomic mass is 10.1. The highest BCUT2D eigenvalue weighted by molar-refractivity contribution is 6.31. The lowest BCUT2D eigenvalue weighted by molar-refractivity contribution is 0.409. The van der Waals surface area contributed by atoms with Crippen LogP contribution in [0.5, 0.6) is 0 Å². The van der Waals surface area contributed by atoms with Crippen LogP contribution in [0.15, 0.2) is 22.6 Å². The predicted molar refractivity (Wildman–Crippen MR) is 66.0 cm³/mol. The van der Waals surface area contributed by atoms with Crippen LogP contribution in [0.25, 0.3) is 0 Å². The van der Waals surface area contributed by atoms with Crippen molar-refractivity contribution in [1.29, 1.82) is 0 Å². The molecule has 0 bridgehead atoms. The summed E-state index contributed by atoms with van der Waals surface area (Å²) in [7, 11) is 1.79. The van der Waals surface area contributed by atoms with Gasteiger partial charge >= 0.3 is 0 Å². The molecule has 1 heterocycles. The van der Waals surface area contributed by atoms with Gasteiger partial charge < -0.3 is 9.73 Å². The van der Waals surface area contributed by atoms with Crippen molar-refractivity contribution in [2.75, 3.05) is 7.05 Å². The second-order valence-electron chi connectivity index (χ2n) is 3.92. The van der Waals surface area contributed by atoms with Gasteiger partial charge in [-0.25, -0.2) is 4.39 Å². The van der Waals surface area contributed by atoms with E-state index in [-0.39, 0.29) is 18.3 Å². The fourth-order valence-corrected chi connectivity index (χ4v) is 1.72. The summed E-state index contributed by atoms with van der Waals surface area (Å²) in [6, 6.07) is 4.51. The van der Waals surface area contributed by atoms with E-state index in [2.05, 4.69) is 15.5 Å². The van der Waals surface area contributed by atoms with E-state index in [4.69, 9.17) is 16.0 Å². The first-order valence-electron chi connectivity index (χ1n) is 5.54. The molecule has 6 heteroatoms. The smallest absolute Gasteiger partial charge is 0.233 e. The molecule has 0 radical (unpaired) electrons. The van der Waals surface area contributed by atoms with Crippen molar-refractivity contribution >= 4 is 11.6 Å². The molecule has 1 atom stereocenters. The monoisotopic (exact) mass is 269 g/mol. The van der Waals surface area contributed by atoms with E-state index in [9.17, 15) is 4.39 Å². The Balaban J connectivity index is 2.21. The number of nitrogens with one attached hydrogen (secondary N) is 1. The largest absolute Gasteiger partial charge is 0.423 e. The van der Waals surface area contributed by atoms with Crippen LogP contribution in [-0.2, 0) is 6.42 Å². The second kappa shape index (κ2) is 5.46. The molecule has 0 aliphatic rings. The number of hydrogen-bond donors (Lipinski definition) is 1. The van der Waals surface area contributed by atoms with E-state index in [1.54, 1.807) is 19.2 Å². The lowest BCUT2D eigenvalue weighted by Crippen LogP contribution is -2.12. The third-order valence-electron chi connectivity index (χ3n) is 2.68. The topological polar surface area (TPSA) is 51.0 Å². The molecule has 1 aromatic carbocycles. The summed E-state index contributed by atoms with van der Waals surface area (Å²) in [5.74, 6) is 0.447. The number of nitrogens with zero attached hydrogens (tertiary/aromatic N) is 2. The van der Waals surface area contributed by atoms with Gasteiger partial charge in [0.05, 0.1) is 12.5 Å². The molecule has 2 rings (SSSR count). The number of hydrogen-bond acceptors (Lipinski definition) is 4. The minimum atomic E-state index is -0.371. The highest BCUT2D eigenvalue weighted by Gasteiger charge is 2.15. The van der Waals surface area contributed by atoms with Gasteiger partial charge in [0, 0.05) is 10.6 Å². The molecular formula is C12H13ClFN3O. The Kier molecular flexibility index (Phi) is 3.93. The van der Waals surface area contributed by atoms with Gasteiger partial charge in [-0.2, -0.15) is 0 Å². The van der Waals surface area contributed by atoms with Gasteiger partial charge in [-0.3, -0.25) is 0 Å². The zero-order valence-corrected chi connectivity index (χ0v) is 10.8. The molecule has 0 saturated carbocycles. The quantitative estimate of drug-likeness (QED) is 0.927. The summed E-state index contributed by atoms with van der Waals surface area (Å²) in [5, 5.41) is 11.1. The Labute approximate surface area is 109 Å². The van der Waals surface area contributed by atoms with Crippen molar-refractivity contribution < 1.29 is 8.81 Å². The van der Waals surface area contributed by atoms with Gasteiger partial charge in [-0.15, -0.1) is 10.2 Å². The molecule has 1 N–H and O–H groups in total. The van der Waals surface area contributed by atoms with Gasteiger partial charge in [0.1, 0.15) is 5.82 Å². The van der Waals surface area contributed by atoms with Crippen LogP contribution in [0.3, 0.4) is 0 Å². The molecule has 2 aromatic rings. The van der Waals surface area contributed by atoms with Crippen molar-refractivity contribution in [2.24, 2.45) is 0 Å². The third kappa shape index (κ3) is 2.68. The molecule has 1 aromatic heterocycles. The molecule has 4 nitrogen and oxygen atoms in total. The van der Waals surface area contributed by atoms with Crippen molar-refractivity contribution in [2.45, 2.75) is 19.4 Å². The maximum Gasteiger partial charge on any atom is 0.233 e. The summed E-state index contributed by atoms with van der Waals surface area (Å²) in [6.45, 7) is 1.90. The van der Waals surface area contributed by atoms with Gasteiger partial charge in [-0.1, -0.05) is 17.7 Å². The van der Waals surface area contributed by atoms with Gasteiger partial charge in [0.25, 0.3) is 0 Å². The lowest BCUT2D eigenvalue weighted by Gasteiger charge is -2.03. The molecular weight excluding hydrogens is 257 g/mol. The summed E-state index contributed by atoms with van der Waals surface area (Å²) >= 11 is 5.93. The maximum absolute atomic E-state index is 13.6. The fraction of sp³-hybridized carbons (Fsp3) is 0.333. The van der Waals surface area contributed by atoms with Crippen molar-refractivity contribution in [1.82, 2.24) is 15.5 Å². The first-order valence-corrected chi connectivity index (χ1v) is 5.92. The van der Waals surface area contributed by atoms with Crippen LogP contribution < -0.4 is 5.32 Å². The minimum absolute atomic E-state index is 0.0395. The first-order chi connectivity index (χ1) is 8.61. The van der Waals surface area contributed by atoms with Crippen LogP contribution >= 0.6 is 11.6 Å². The number of rotatable bonds is 4. The Bertz CT molecular complexity index is 524. The normalized spacial score (nSPS) is 12.7. The number of aromatic nitrogens is 2. The summed E-state index contributed by atoms with van der Waals surface area (Å²) in [6.07, 6.45) is 0.189. The van der Waals surface area contributed by atoms with E-state index in [0.29, 0.717) is 22.4 Å². The highest BCUT2D eigenvalue weighted by Crippen LogP contribution is 2.22. The van der Waals surface area contributed by atoms with Crippen LogP contribution in [0, 0.1) is 5.82 Å². The van der Waals surface area contributed by atoms with Crippen molar-refractivity contribution in [3.63, 3.8) is 0 Å². The van der Waals surface area contributed by atoms with Gasteiger partial charge in [0.2, 0.25) is 11.8 Å². The Hall–Kier alpha value is -1.46. The first kappa shape index (κ1) is 13.0. The maximum atomic E-state index is 13.6. The zero-order valence-electron chi connectivity index (χ0n) is 10.1. The molecule has 0 aliphatic heterocycles. The average Bonchev–Trinajstić information content (AvgIpc) is 2.81. The van der Waals surface area contributed by atoms with Crippen LogP contribution in [0.1, 0.15) is 30.3 Å². The number of halogens is 2. The van der Waals surface area contributed by atoms with Gasteiger partial charge in [-0.05, 0) is 26.1 Å². The van der Waals surface area contributed by atoms with E-state index in [0.717, 1.165) is 0 Å². The van der Waals surface area contributed by atoms with E-state index < -0.39 is 0 Å². The summed E-state index contributed by atoms with van der Waals surface area (Å²) < 4.78 is 19.0. The van der Waals surface area contributed by atoms with Crippen molar-refractivity contribution in [3.8, 4) is 0 Å². The molecule has 1 unspecified atom stereocenters. The standard InChI is InChI=1S/C12H13ClFN3O/c1-7(15-2)12-17-16-11(18-12)6-8-9(13)4-3-5-10(8)14/h3-5,7,15H,6H2,1-2H3. The SMILES string of the molecule is CNC(C)c1nnc(Cc2c(F)cccc2Cl)o1. The molecule has 0 aliphatic carbocycles. The Morgan fingerprint density at radius 2 is 2.22 bits per heavy atom. The molecule has 0 amide bonds. The van der Waals surface area contributed by atoms with E-state index in [1.165, 1.54) is 6.07 Å². The molecule has 96 valence electrons. The number of benzene rings is 1. The molecule has 0 spiro atoms. The second-order valence-corrected chi connectivity index (χ2v) is 4.33. The van der Waals surface area contributed by atoms with Crippen LogP contribution in [0.4, 0.5) is 4.39 Å². The summed E-state index contributed by atoms with van der Waals surface area (Å²) in [4.78, 5) is 0. The van der Waals surface area contributed by atoms with Crippen molar-refractivity contribution in [3.05, 3.63) is 46.4 Å². The van der Waals surface area contributed by atoms with Crippen LogP contribution in [-0.4, -0.2) is 17.2 Å².